The topological polar surface area (TPSA) is 75.7 Å². The zero-order chi connectivity index (χ0) is 22.8. The third-order valence-corrected chi connectivity index (χ3v) is 6.60. The number of carbonyl (C=O) groups is 1. The summed E-state index contributed by atoms with van der Waals surface area (Å²) < 4.78 is 32.1. The number of nitrogens with one attached hydrogen (secondary N) is 1. The second kappa shape index (κ2) is 8.91. The van der Waals surface area contributed by atoms with Gasteiger partial charge in [0.05, 0.1) is 18.5 Å². The van der Waals surface area contributed by atoms with Crippen LogP contribution in [0.5, 0.6) is 5.75 Å². The predicted molar refractivity (Wildman–Crippen MR) is 124 cm³/mol. The lowest BCUT2D eigenvalue weighted by atomic mass is 9.86. The first-order valence-corrected chi connectivity index (χ1v) is 12.4. The number of nitrogens with zero attached hydrogens (tertiary/aromatic N) is 1. The Bertz CT molecular complexity index is 1040. The number of hydrogen-bond acceptors (Lipinski definition) is 4. The number of hydrogen-bond donors (Lipinski definition) is 1. The third kappa shape index (κ3) is 5.79. The van der Waals surface area contributed by atoms with Crippen LogP contribution in [0, 0.1) is 6.92 Å². The molecular formula is C24H32N2O4S. The van der Waals surface area contributed by atoms with Crippen LogP contribution in [-0.4, -0.2) is 39.8 Å². The molecule has 7 heteroatoms. The summed E-state index contributed by atoms with van der Waals surface area (Å²) in [5.74, 6) is 0.104. The molecule has 1 N–H and O–H groups in total. The summed E-state index contributed by atoms with van der Waals surface area (Å²) >= 11 is 0. The van der Waals surface area contributed by atoms with Crippen LogP contribution in [0.2, 0.25) is 0 Å². The van der Waals surface area contributed by atoms with Gasteiger partial charge in [-0.2, -0.15) is 0 Å². The van der Waals surface area contributed by atoms with Crippen LogP contribution in [0.4, 0.5) is 5.69 Å². The van der Waals surface area contributed by atoms with Crippen LogP contribution < -0.4 is 14.4 Å². The molecule has 0 spiro atoms. The van der Waals surface area contributed by atoms with Gasteiger partial charge in [-0.15, -0.1) is 0 Å². The molecule has 6 nitrogen and oxygen atoms in total. The lowest BCUT2D eigenvalue weighted by Crippen LogP contribution is -2.50. The number of ether oxygens (including phenoxy) is 1. The minimum absolute atomic E-state index is 0.0385. The van der Waals surface area contributed by atoms with E-state index in [1.54, 1.807) is 6.07 Å². The van der Waals surface area contributed by atoms with Gasteiger partial charge in [0.1, 0.15) is 5.75 Å². The quantitative estimate of drug-likeness (QED) is 0.691. The smallest absolute Gasteiger partial charge is 0.263 e. The fourth-order valence-electron chi connectivity index (χ4n) is 3.54. The Balaban J connectivity index is 1.67. The standard InChI is InChI=1S/C24H32N2O4S/c1-17-8-10-18(11-9-17)7-6-14-25-23(27)22-16-26(31(5,28)29)20-15-19(24(2,3)4)12-13-21(20)30-22/h8-13,15,22H,6-7,14,16H2,1-5H3,(H,25,27)/t22-/m0/s1. The molecule has 1 heterocycles. The lowest BCUT2D eigenvalue weighted by molar-refractivity contribution is -0.127. The predicted octanol–water partition coefficient (Wildman–Crippen LogP) is 3.57. The van der Waals surface area contributed by atoms with Gasteiger partial charge in [0.2, 0.25) is 10.0 Å². The van der Waals surface area contributed by atoms with E-state index in [-0.39, 0.29) is 17.9 Å². The van der Waals surface area contributed by atoms with Gasteiger partial charge >= 0.3 is 0 Å². The highest BCUT2D eigenvalue weighted by molar-refractivity contribution is 7.92. The van der Waals surface area contributed by atoms with Gasteiger partial charge in [-0.25, -0.2) is 8.42 Å². The molecule has 31 heavy (non-hydrogen) atoms. The third-order valence-electron chi connectivity index (χ3n) is 5.45. The van der Waals surface area contributed by atoms with Crippen LogP contribution in [0.15, 0.2) is 42.5 Å². The van der Waals surface area contributed by atoms with E-state index in [1.807, 2.05) is 12.1 Å². The number of rotatable bonds is 6. The second-order valence-corrected chi connectivity index (χ2v) is 11.1. The van der Waals surface area contributed by atoms with Gasteiger partial charge in [-0.05, 0) is 48.4 Å². The first kappa shape index (κ1) is 23.1. The molecule has 1 amide bonds. The average molecular weight is 445 g/mol. The molecule has 2 aromatic rings. The lowest BCUT2D eigenvalue weighted by Gasteiger charge is -2.35. The zero-order valence-corrected chi connectivity index (χ0v) is 19.8. The number of benzene rings is 2. The fourth-order valence-corrected chi connectivity index (χ4v) is 4.45. The van der Waals surface area contributed by atoms with Gasteiger partial charge in [0.25, 0.3) is 5.91 Å². The minimum Gasteiger partial charge on any atom is -0.476 e. The monoisotopic (exact) mass is 444 g/mol. The molecule has 3 rings (SSSR count). The Morgan fingerprint density at radius 1 is 1.16 bits per heavy atom. The van der Waals surface area contributed by atoms with Crippen molar-refractivity contribution in [1.82, 2.24) is 5.32 Å². The summed E-state index contributed by atoms with van der Waals surface area (Å²) in [7, 11) is -3.56. The van der Waals surface area contributed by atoms with E-state index in [9.17, 15) is 13.2 Å². The van der Waals surface area contributed by atoms with Crippen LogP contribution >= 0.6 is 0 Å². The van der Waals surface area contributed by atoms with Crippen molar-refractivity contribution in [3.8, 4) is 5.75 Å². The van der Waals surface area contributed by atoms with E-state index in [0.717, 1.165) is 24.7 Å². The van der Waals surface area contributed by atoms with Crippen molar-refractivity contribution in [3.63, 3.8) is 0 Å². The van der Waals surface area contributed by atoms with Gasteiger partial charge in [0, 0.05) is 6.54 Å². The van der Waals surface area contributed by atoms with E-state index in [2.05, 4.69) is 57.3 Å². The number of amides is 1. The zero-order valence-electron chi connectivity index (χ0n) is 18.9. The highest BCUT2D eigenvalue weighted by atomic mass is 32.2. The first-order chi connectivity index (χ1) is 14.4. The van der Waals surface area contributed by atoms with Gasteiger partial charge in [-0.3, -0.25) is 9.10 Å². The van der Waals surface area contributed by atoms with Crippen molar-refractivity contribution in [2.75, 3.05) is 23.7 Å². The van der Waals surface area contributed by atoms with Crippen LogP contribution in [0.3, 0.4) is 0 Å². The average Bonchev–Trinajstić information content (AvgIpc) is 2.69. The summed E-state index contributed by atoms with van der Waals surface area (Å²) in [6.07, 6.45) is 1.92. The Kier molecular flexibility index (Phi) is 6.65. The molecule has 0 aliphatic carbocycles. The Labute approximate surface area is 185 Å². The normalized spacial score (nSPS) is 16.4. The Hall–Kier alpha value is -2.54. The van der Waals surface area contributed by atoms with E-state index in [4.69, 9.17) is 4.74 Å². The highest BCUT2D eigenvalue weighted by Crippen LogP contribution is 2.38. The summed E-state index contributed by atoms with van der Waals surface area (Å²) in [5.41, 5.74) is 3.79. The van der Waals surface area contributed by atoms with Crippen molar-refractivity contribution in [2.45, 2.75) is 52.1 Å². The van der Waals surface area contributed by atoms with Crippen molar-refractivity contribution < 1.29 is 17.9 Å². The molecule has 0 saturated carbocycles. The molecule has 0 saturated heterocycles. The van der Waals surface area contributed by atoms with Gasteiger partial charge in [-0.1, -0.05) is 56.7 Å². The number of anilines is 1. The largest absolute Gasteiger partial charge is 0.476 e. The van der Waals surface area contributed by atoms with Crippen LogP contribution in [0.1, 0.15) is 43.9 Å². The summed E-state index contributed by atoms with van der Waals surface area (Å²) in [5, 5.41) is 2.89. The van der Waals surface area contributed by atoms with Gasteiger partial charge < -0.3 is 10.1 Å². The van der Waals surface area contributed by atoms with E-state index < -0.39 is 16.1 Å². The number of fused-ring (bicyclic) bond motifs is 1. The molecule has 1 atom stereocenters. The summed E-state index contributed by atoms with van der Waals surface area (Å²) in [6, 6.07) is 13.8. The molecule has 0 bridgehead atoms. The molecule has 1 aliphatic heterocycles. The van der Waals surface area contributed by atoms with Gasteiger partial charge in [0.15, 0.2) is 6.10 Å². The van der Waals surface area contributed by atoms with E-state index in [1.165, 1.54) is 15.4 Å². The van der Waals surface area contributed by atoms with Crippen molar-refractivity contribution in [2.24, 2.45) is 0 Å². The Morgan fingerprint density at radius 3 is 2.45 bits per heavy atom. The van der Waals surface area contributed by atoms with E-state index in [0.29, 0.717) is 18.0 Å². The maximum absolute atomic E-state index is 12.7. The van der Waals surface area contributed by atoms with Crippen molar-refractivity contribution in [3.05, 3.63) is 59.2 Å². The molecule has 2 aromatic carbocycles. The highest BCUT2D eigenvalue weighted by Gasteiger charge is 2.35. The summed E-state index contributed by atoms with van der Waals surface area (Å²) in [4.78, 5) is 12.7. The maximum atomic E-state index is 12.7. The summed E-state index contributed by atoms with van der Waals surface area (Å²) in [6.45, 7) is 8.71. The Morgan fingerprint density at radius 2 is 1.84 bits per heavy atom. The second-order valence-electron chi connectivity index (χ2n) is 9.21. The van der Waals surface area contributed by atoms with Crippen LogP contribution in [0.25, 0.3) is 0 Å². The molecule has 0 fully saturated rings. The molecule has 168 valence electrons. The molecular weight excluding hydrogens is 412 g/mol. The number of aryl methyl sites for hydroxylation is 2. The maximum Gasteiger partial charge on any atom is 0.263 e. The molecule has 0 unspecified atom stereocenters. The molecule has 1 aliphatic rings. The molecule has 0 radical (unpaired) electrons. The van der Waals surface area contributed by atoms with Crippen molar-refractivity contribution in [1.29, 1.82) is 0 Å². The molecule has 0 aromatic heterocycles. The fraction of sp³-hybridized carbons (Fsp3) is 0.458. The SMILES string of the molecule is Cc1ccc(CCCNC(=O)[C@@H]2CN(S(C)(=O)=O)c3cc(C(C)(C)C)ccc3O2)cc1. The minimum atomic E-state index is -3.56. The number of sulfonamides is 1. The van der Waals surface area contributed by atoms with E-state index >= 15 is 0 Å². The van der Waals surface area contributed by atoms with Crippen LogP contribution in [-0.2, 0) is 26.7 Å². The number of carbonyl (C=O) groups excluding carboxylic acids is 1. The van der Waals surface area contributed by atoms with Crippen molar-refractivity contribution >= 4 is 21.6 Å². The first-order valence-electron chi connectivity index (χ1n) is 10.6.